The van der Waals surface area contributed by atoms with E-state index in [1.807, 2.05) is 0 Å². The van der Waals surface area contributed by atoms with E-state index in [1.54, 1.807) is 25.3 Å². The molecule has 3 amide bonds. The van der Waals surface area contributed by atoms with E-state index < -0.39 is 6.04 Å². The average molecular weight is 434 g/mol. The molecule has 2 aliphatic heterocycles. The second kappa shape index (κ2) is 11.5. The van der Waals surface area contributed by atoms with Gasteiger partial charge in [-0.25, -0.2) is 0 Å². The molecule has 9 nitrogen and oxygen atoms in total. The van der Waals surface area contributed by atoms with Crippen LogP contribution in [0.15, 0.2) is 18.2 Å². The fourth-order valence-corrected chi connectivity index (χ4v) is 3.68. The Bertz CT molecular complexity index is 779. The van der Waals surface area contributed by atoms with Crippen molar-refractivity contribution in [1.29, 1.82) is 0 Å². The summed E-state index contributed by atoms with van der Waals surface area (Å²) in [6.45, 7) is 2.03. The Kier molecular flexibility index (Phi) is 8.52. The Balaban J connectivity index is 1.64. The summed E-state index contributed by atoms with van der Waals surface area (Å²) < 4.78 is 16.3. The van der Waals surface area contributed by atoms with Crippen LogP contribution in [0.1, 0.15) is 42.5 Å². The van der Waals surface area contributed by atoms with Crippen LogP contribution in [-0.4, -0.2) is 63.8 Å². The van der Waals surface area contributed by atoms with Crippen LogP contribution in [0.25, 0.3) is 0 Å². The molecule has 0 unspecified atom stereocenters. The quantitative estimate of drug-likeness (QED) is 0.656. The fourth-order valence-electron chi connectivity index (χ4n) is 3.68. The van der Waals surface area contributed by atoms with Gasteiger partial charge >= 0.3 is 0 Å². The summed E-state index contributed by atoms with van der Waals surface area (Å²) in [6, 6.07) is 4.41. The first-order valence-electron chi connectivity index (χ1n) is 10.8. The molecular formula is C22H31N3O6. The van der Waals surface area contributed by atoms with Gasteiger partial charge in [-0.05, 0) is 44.2 Å². The molecule has 1 saturated heterocycles. The highest BCUT2D eigenvalue weighted by molar-refractivity contribution is 5.97. The Labute approximate surface area is 182 Å². The molecule has 0 bridgehead atoms. The topological polar surface area (TPSA) is 115 Å². The number of fused-ring (bicyclic) bond motifs is 1. The van der Waals surface area contributed by atoms with E-state index in [4.69, 9.17) is 14.2 Å². The van der Waals surface area contributed by atoms with Crippen molar-refractivity contribution in [2.45, 2.75) is 38.1 Å². The summed E-state index contributed by atoms with van der Waals surface area (Å²) in [4.78, 5) is 37.8. The summed E-state index contributed by atoms with van der Waals surface area (Å²) >= 11 is 0. The molecule has 3 N–H and O–H groups in total. The van der Waals surface area contributed by atoms with Gasteiger partial charge < -0.3 is 30.2 Å². The van der Waals surface area contributed by atoms with Crippen molar-refractivity contribution in [3.63, 3.8) is 0 Å². The monoisotopic (exact) mass is 433 g/mol. The number of hydrogen-bond donors (Lipinski definition) is 3. The van der Waals surface area contributed by atoms with Gasteiger partial charge in [-0.3, -0.25) is 14.4 Å². The lowest BCUT2D eigenvalue weighted by molar-refractivity contribution is -0.133. The van der Waals surface area contributed by atoms with Crippen LogP contribution in [0.3, 0.4) is 0 Å². The molecule has 170 valence electrons. The lowest BCUT2D eigenvalue weighted by atomic mass is 9.98. The number of hydrogen-bond acceptors (Lipinski definition) is 6. The predicted molar refractivity (Wildman–Crippen MR) is 113 cm³/mol. The number of nitrogens with one attached hydrogen (secondary N) is 3. The van der Waals surface area contributed by atoms with Crippen LogP contribution in [0, 0.1) is 5.92 Å². The van der Waals surface area contributed by atoms with Crippen molar-refractivity contribution in [3.8, 4) is 11.5 Å². The smallest absolute Gasteiger partial charge is 0.255 e. The minimum absolute atomic E-state index is 0.102. The van der Waals surface area contributed by atoms with Crippen molar-refractivity contribution in [2.24, 2.45) is 5.92 Å². The molecule has 0 radical (unpaired) electrons. The molecule has 9 heteroatoms. The molecule has 3 rings (SSSR count). The molecule has 2 aliphatic rings. The highest BCUT2D eigenvalue weighted by atomic mass is 16.5. The maximum atomic E-state index is 12.7. The van der Waals surface area contributed by atoms with Crippen molar-refractivity contribution < 1.29 is 28.6 Å². The van der Waals surface area contributed by atoms with E-state index in [0.717, 1.165) is 0 Å². The Morgan fingerprint density at radius 3 is 2.65 bits per heavy atom. The lowest BCUT2D eigenvalue weighted by Gasteiger charge is -2.25. The van der Waals surface area contributed by atoms with Gasteiger partial charge in [-0.1, -0.05) is 0 Å². The zero-order valence-corrected chi connectivity index (χ0v) is 17.9. The number of rotatable bonds is 3. The van der Waals surface area contributed by atoms with Crippen molar-refractivity contribution in [2.75, 3.05) is 40.0 Å². The average Bonchev–Trinajstić information content (AvgIpc) is 2.80. The first-order valence-corrected chi connectivity index (χ1v) is 10.8. The molecule has 0 saturated carbocycles. The summed E-state index contributed by atoms with van der Waals surface area (Å²) in [5, 5.41) is 8.62. The number of benzene rings is 1. The molecule has 1 fully saturated rings. The minimum atomic E-state index is -0.610. The largest absolute Gasteiger partial charge is 0.497 e. The second-order valence-corrected chi connectivity index (χ2v) is 7.70. The van der Waals surface area contributed by atoms with Gasteiger partial charge in [0, 0.05) is 31.7 Å². The third kappa shape index (κ3) is 6.58. The molecule has 0 aromatic heterocycles. The van der Waals surface area contributed by atoms with E-state index in [1.165, 1.54) is 0 Å². The Morgan fingerprint density at radius 2 is 1.87 bits per heavy atom. The number of carbonyl (C=O) groups is 3. The highest BCUT2D eigenvalue weighted by Gasteiger charge is 2.27. The number of amides is 3. The predicted octanol–water partition coefficient (Wildman–Crippen LogP) is 1.02. The van der Waals surface area contributed by atoms with E-state index in [0.29, 0.717) is 68.9 Å². The van der Waals surface area contributed by atoms with E-state index >= 15 is 0 Å². The third-order valence-electron chi connectivity index (χ3n) is 5.52. The minimum Gasteiger partial charge on any atom is -0.497 e. The van der Waals surface area contributed by atoms with Crippen LogP contribution in [0.4, 0.5) is 0 Å². The summed E-state index contributed by atoms with van der Waals surface area (Å²) in [5.74, 6) is 0.304. The number of methoxy groups -OCH3 is 1. The first-order chi connectivity index (χ1) is 15.1. The van der Waals surface area contributed by atoms with Crippen LogP contribution >= 0.6 is 0 Å². The van der Waals surface area contributed by atoms with E-state index in [9.17, 15) is 14.4 Å². The zero-order chi connectivity index (χ0) is 22.1. The van der Waals surface area contributed by atoms with Gasteiger partial charge in [0.1, 0.15) is 24.1 Å². The molecular weight excluding hydrogens is 402 g/mol. The SMILES string of the molecule is COc1ccc2c(c1)OCCNC(=O)[C@@H](NC(=O)C1CCOCC1)CCCCNC2=O. The van der Waals surface area contributed by atoms with Crippen LogP contribution in [0.5, 0.6) is 11.5 Å². The molecule has 31 heavy (non-hydrogen) atoms. The van der Waals surface area contributed by atoms with Gasteiger partial charge in [0.15, 0.2) is 0 Å². The van der Waals surface area contributed by atoms with Gasteiger partial charge in [0.05, 0.1) is 19.2 Å². The highest BCUT2D eigenvalue weighted by Crippen LogP contribution is 2.25. The Hall–Kier alpha value is -2.81. The fraction of sp³-hybridized carbons (Fsp3) is 0.591. The van der Waals surface area contributed by atoms with Crippen LogP contribution in [0.2, 0.25) is 0 Å². The van der Waals surface area contributed by atoms with Gasteiger partial charge in [0.25, 0.3) is 5.91 Å². The molecule has 1 aromatic rings. The van der Waals surface area contributed by atoms with E-state index in [-0.39, 0.29) is 36.8 Å². The van der Waals surface area contributed by atoms with Gasteiger partial charge in [-0.15, -0.1) is 0 Å². The first kappa shape index (κ1) is 22.9. The standard InChI is InChI=1S/C22H31N3O6/c1-29-16-5-6-17-19(14-16)31-13-10-24-22(28)18(4-2-3-9-23-21(17)27)25-20(26)15-7-11-30-12-8-15/h5-6,14-15,18H,2-4,7-13H2,1H3,(H,23,27)(H,24,28)(H,25,26)/t18-/m0/s1. The second-order valence-electron chi connectivity index (χ2n) is 7.70. The lowest BCUT2D eigenvalue weighted by Crippen LogP contribution is -2.49. The molecule has 2 heterocycles. The van der Waals surface area contributed by atoms with Crippen molar-refractivity contribution in [3.05, 3.63) is 23.8 Å². The molecule has 1 atom stereocenters. The molecule has 0 spiro atoms. The van der Waals surface area contributed by atoms with E-state index in [2.05, 4.69) is 16.0 Å². The summed E-state index contributed by atoms with van der Waals surface area (Å²) in [5.41, 5.74) is 0.422. The number of ether oxygens (including phenoxy) is 3. The van der Waals surface area contributed by atoms with Gasteiger partial charge in [-0.2, -0.15) is 0 Å². The van der Waals surface area contributed by atoms with Gasteiger partial charge in [0.2, 0.25) is 11.8 Å². The maximum absolute atomic E-state index is 12.7. The maximum Gasteiger partial charge on any atom is 0.255 e. The Morgan fingerprint density at radius 1 is 1.06 bits per heavy atom. The summed E-state index contributed by atoms with van der Waals surface area (Å²) in [7, 11) is 1.54. The molecule has 0 aliphatic carbocycles. The normalized spacial score (nSPS) is 21.5. The summed E-state index contributed by atoms with van der Waals surface area (Å²) in [6.07, 6.45) is 3.23. The number of carbonyl (C=O) groups excluding carboxylic acids is 3. The van der Waals surface area contributed by atoms with Crippen molar-refractivity contribution >= 4 is 17.7 Å². The molecule has 1 aromatic carbocycles. The van der Waals surface area contributed by atoms with Crippen molar-refractivity contribution in [1.82, 2.24) is 16.0 Å². The van der Waals surface area contributed by atoms with Crippen LogP contribution < -0.4 is 25.4 Å². The zero-order valence-electron chi connectivity index (χ0n) is 17.9. The third-order valence-corrected chi connectivity index (χ3v) is 5.52. The van der Waals surface area contributed by atoms with Crippen LogP contribution in [-0.2, 0) is 14.3 Å².